The lowest BCUT2D eigenvalue weighted by Crippen LogP contribution is -2.52. The summed E-state index contributed by atoms with van der Waals surface area (Å²) in [7, 11) is 8.70. The molecular formula is C25H31B4N3O5. The van der Waals surface area contributed by atoms with Crippen molar-refractivity contribution in [3.8, 4) is 5.75 Å². The molecule has 0 radical (unpaired) electrons. The second-order valence-corrected chi connectivity index (χ2v) is 10.3. The maximum atomic E-state index is 13.1. The summed E-state index contributed by atoms with van der Waals surface area (Å²) in [6, 6.07) is 4.85. The van der Waals surface area contributed by atoms with Crippen LogP contribution in [0.1, 0.15) is 39.9 Å². The van der Waals surface area contributed by atoms with Gasteiger partial charge in [0.15, 0.2) is 0 Å². The van der Waals surface area contributed by atoms with Crippen LogP contribution in [0.5, 0.6) is 5.75 Å². The summed E-state index contributed by atoms with van der Waals surface area (Å²) in [4.78, 5) is 41.1. The van der Waals surface area contributed by atoms with Gasteiger partial charge in [-0.15, -0.1) is 0 Å². The molecule has 12 heteroatoms. The average Bonchev–Trinajstić information content (AvgIpc) is 3.23. The number of amides is 3. The molecule has 3 heterocycles. The molecule has 1 N–H and O–H groups in total. The van der Waals surface area contributed by atoms with Gasteiger partial charge < -0.3 is 14.4 Å². The van der Waals surface area contributed by atoms with Crippen molar-refractivity contribution >= 4 is 71.0 Å². The zero-order valence-electron chi connectivity index (χ0n) is 22.1. The van der Waals surface area contributed by atoms with Gasteiger partial charge in [0.05, 0.1) is 19.8 Å². The highest BCUT2D eigenvalue weighted by atomic mass is 16.5. The molecule has 0 aromatic heterocycles. The number of piperidine rings is 1. The van der Waals surface area contributed by atoms with Crippen molar-refractivity contribution in [1.29, 1.82) is 0 Å². The maximum absolute atomic E-state index is 13.1. The number of morpholine rings is 1. The van der Waals surface area contributed by atoms with Crippen LogP contribution in [-0.2, 0) is 34.0 Å². The van der Waals surface area contributed by atoms with Crippen molar-refractivity contribution < 1.29 is 23.9 Å². The lowest BCUT2D eigenvalue weighted by molar-refractivity contribution is -0.136. The van der Waals surface area contributed by atoms with Crippen LogP contribution in [0.15, 0.2) is 18.2 Å². The van der Waals surface area contributed by atoms with Crippen LogP contribution in [0.3, 0.4) is 0 Å². The Morgan fingerprint density at radius 3 is 2.32 bits per heavy atom. The van der Waals surface area contributed by atoms with E-state index in [2.05, 4.69) is 41.6 Å². The van der Waals surface area contributed by atoms with E-state index in [4.69, 9.17) is 9.47 Å². The Hall–Kier alpha value is -2.97. The fourth-order valence-corrected chi connectivity index (χ4v) is 5.75. The number of hydrogen-bond donors (Lipinski definition) is 1. The van der Waals surface area contributed by atoms with E-state index in [-0.39, 0.29) is 18.2 Å². The average molecular weight is 497 g/mol. The molecule has 3 aliphatic heterocycles. The third-order valence-corrected chi connectivity index (χ3v) is 8.33. The molecule has 0 bridgehead atoms. The Morgan fingerprint density at radius 2 is 1.65 bits per heavy atom. The van der Waals surface area contributed by atoms with E-state index in [0.717, 1.165) is 38.4 Å². The van der Waals surface area contributed by atoms with Crippen LogP contribution < -0.4 is 31.9 Å². The minimum absolute atomic E-state index is 0.193. The van der Waals surface area contributed by atoms with Gasteiger partial charge in [0.1, 0.15) is 49.8 Å². The van der Waals surface area contributed by atoms with E-state index in [1.807, 2.05) is 12.1 Å². The van der Waals surface area contributed by atoms with Crippen LogP contribution in [0.25, 0.3) is 0 Å². The van der Waals surface area contributed by atoms with E-state index in [1.54, 1.807) is 11.0 Å². The topological polar surface area (TPSA) is 88.2 Å². The molecule has 5 rings (SSSR count). The van der Waals surface area contributed by atoms with Crippen molar-refractivity contribution in [2.75, 3.05) is 26.3 Å². The molecule has 0 saturated carbocycles. The summed E-state index contributed by atoms with van der Waals surface area (Å²) in [5.41, 5.74) is 8.97. The van der Waals surface area contributed by atoms with Crippen molar-refractivity contribution in [2.45, 2.75) is 38.6 Å². The first-order valence-corrected chi connectivity index (χ1v) is 13.0. The zero-order valence-corrected chi connectivity index (χ0v) is 22.1. The highest BCUT2D eigenvalue weighted by Gasteiger charge is 2.40. The fourth-order valence-electron chi connectivity index (χ4n) is 5.75. The first-order valence-electron chi connectivity index (χ1n) is 13.0. The number of nitrogens with one attached hydrogen (secondary N) is 1. The van der Waals surface area contributed by atoms with Crippen LogP contribution in [0.2, 0.25) is 0 Å². The van der Waals surface area contributed by atoms with Crippen LogP contribution >= 0.6 is 0 Å². The van der Waals surface area contributed by atoms with Gasteiger partial charge in [-0.2, -0.15) is 0 Å². The minimum Gasteiger partial charge on any atom is -0.489 e. The van der Waals surface area contributed by atoms with Gasteiger partial charge >= 0.3 is 0 Å². The summed E-state index contributed by atoms with van der Waals surface area (Å²) < 4.78 is 11.9. The quantitative estimate of drug-likeness (QED) is 0.318. The number of hydrogen-bond acceptors (Lipinski definition) is 6. The Morgan fingerprint density at radius 1 is 0.973 bits per heavy atom. The van der Waals surface area contributed by atoms with Gasteiger partial charge in [0.2, 0.25) is 11.8 Å². The summed E-state index contributed by atoms with van der Waals surface area (Å²) in [6.07, 6.45) is 0.576. The number of benzene rings is 2. The number of imide groups is 1. The monoisotopic (exact) mass is 497 g/mol. The standard InChI is InChI=1S/C25H31B4N3O5/c26-20-15(10-31-6-8-36-9-7-31)21(27)23(29)16(22(20)28)12-37-18-3-1-2-13-14(18)11-32(25(13)35)17-4-5-19(33)30-24(17)34/h1-3,17H,4-12,26-29H2,(H,30,33,34). The van der Waals surface area contributed by atoms with Crippen molar-refractivity contribution in [1.82, 2.24) is 15.1 Å². The summed E-state index contributed by atoms with van der Waals surface area (Å²) in [5.74, 6) is -0.232. The molecule has 1 unspecified atom stereocenters. The third kappa shape index (κ3) is 4.84. The number of nitrogens with zero attached hydrogens (tertiary/aromatic N) is 2. The number of rotatable bonds is 6. The van der Waals surface area contributed by atoms with E-state index < -0.39 is 11.9 Å². The van der Waals surface area contributed by atoms with E-state index >= 15 is 0 Å². The lowest BCUT2D eigenvalue weighted by atomic mass is 9.64. The molecule has 2 aromatic rings. The molecule has 1 atom stereocenters. The Balaban J connectivity index is 1.35. The molecule has 37 heavy (non-hydrogen) atoms. The smallest absolute Gasteiger partial charge is 0.255 e. The molecule has 3 aliphatic rings. The van der Waals surface area contributed by atoms with Crippen LogP contribution in [0.4, 0.5) is 0 Å². The normalized spacial score (nSPS) is 20.2. The predicted molar refractivity (Wildman–Crippen MR) is 152 cm³/mol. The Kier molecular flexibility index (Phi) is 7.23. The second kappa shape index (κ2) is 10.4. The number of ether oxygens (including phenoxy) is 2. The second-order valence-electron chi connectivity index (χ2n) is 10.3. The molecule has 2 aromatic carbocycles. The number of carbonyl (C=O) groups is 3. The first-order chi connectivity index (χ1) is 17.8. The highest BCUT2D eigenvalue weighted by molar-refractivity contribution is 6.57. The van der Waals surface area contributed by atoms with Gasteiger partial charge in [-0.3, -0.25) is 24.6 Å². The van der Waals surface area contributed by atoms with Crippen LogP contribution in [-0.4, -0.2) is 91.3 Å². The zero-order chi connectivity index (χ0) is 26.3. The fraction of sp³-hybridized carbons (Fsp3) is 0.400. The molecule has 2 fully saturated rings. The molecular weight excluding hydrogens is 466 g/mol. The van der Waals surface area contributed by atoms with Crippen molar-refractivity contribution in [2.24, 2.45) is 0 Å². The van der Waals surface area contributed by atoms with Gasteiger partial charge in [-0.25, -0.2) is 0 Å². The lowest BCUT2D eigenvalue weighted by Gasteiger charge is -2.30. The van der Waals surface area contributed by atoms with E-state index in [9.17, 15) is 14.4 Å². The highest BCUT2D eigenvalue weighted by Crippen LogP contribution is 2.33. The van der Waals surface area contributed by atoms with Crippen molar-refractivity contribution in [3.05, 3.63) is 40.5 Å². The molecule has 8 nitrogen and oxygen atoms in total. The summed E-state index contributed by atoms with van der Waals surface area (Å²) in [6.45, 7) is 5.10. The number of fused-ring (bicyclic) bond motifs is 1. The predicted octanol–water partition coefficient (Wildman–Crippen LogP) is -5.11. The Labute approximate surface area is 221 Å². The van der Waals surface area contributed by atoms with Gasteiger partial charge in [-0.1, -0.05) is 27.9 Å². The third-order valence-electron chi connectivity index (χ3n) is 8.33. The van der Waals surface area contributed by atoms with Gasteiger partial charge in [0, 0.05) is 37.2 Å². The minimum atomic E-state index is -0.640. The van der Waals surface area contributed by atoms with Gasteiger partial charge in [0.25, 0.3) is 5.91 Å². The largest absolute Gasteiger partial charge is 0.489 e. The van der Waals surface area contributed by atoms with Crippen LogP contribution in [0, 0.1) is 0 Å². The Bertz CT molecular complexity index is 1250. The first kappa shape index (κ1) is 25.7. The molecule has 2 saturated heterocycles. The van der Waals surface area contributed by atoms with Gasteiger partial charge in [-0.05, 0) is 29.7 Å². The molecule has 0 spiro atoms. The molecule has 0 aliphatic carbocycles. The SMILES string of the molecule is Bc1c(B)c(CN2CCOCC2)c(B)c(B)c1COc1cccc2c1CN(C1CCC(=O)NC1=O)C2=O. The molecule has 188 valence electrons. The van der Waals surface area contributed by atoms with E-state index in [1.165, 1.54) is 33.0 Å². The summed E-state index contributed by atoms with van der Waals surface area (Å²) in [5, 5.41) is 2.36. The molecule has 3 amide bonds. The maximum Gasteiger partial charge on any atom is 0.255 e. The van der Waals surface area contributed by atoms with E-state index in [0.29, 0.717) is 30.9 Å². The number of carbonyl (C=O) groups excluding carboxylic acids is 3. The summed E-state index contributed by atoms with van der Waals surface area (Å²) >= 11 is 0. The van der Waals surface area contributed by atoms with Crippen molar-refractivity contribution in [3.63, 3.8) is 0 Å².